The average Bonchev–Trinajstić information content (AvgIpc) is 2.98. The second kappa shape index (κ2) is 6.11. The van der Waals surface area contributed by atoms with Gasteiger partial charge in [0.1, 0.15) is 11.5 Å². The largest absolute Gasteiger partial charge is 0.378 e. The molecule has 1 aromatic heterocycles. The van der Waals surface area contributed by atoms with Crippen LogP contribution in [0.25, 0.3) is 0 Å². The summed E-state index contributed by atoms with van der Waals surface area (Å²) in [6, 6.07) is 0. The summed E-state index contributed by atoms with van der Waals surface area (Å²) < 4.78 is 5.44. The number of ether oxygens (including phenoxy) is 1. The Morgan fingerprint density at radius 1 is 1.38 bits per heavy atom. The topological polar surface area (TPSA) is 56.8 Å². The number of aryl methyl sites for hydroxylation is 1. The lowest BCUT2D eigenvalue weighted by Gasteiger charge is -2.36. The van der Waals surface area contributed by atoms with Gasteiger partial charge in [0.15, 0.2) is 17.8 Å². The zero-order valence-corrected chi connectivity index (χ0v) is 13.3. The van der Waals surface area contributed by atoms with Crippen LogP contribution in [0, 0.1) is 0 Å². The Morgan fingerprint density at radius 2 is 2.14 bits per heavy atom. The van der Waals surface area contributed by atoms with Crippen LogP contribution in [0.5, 0.6) is 0 Å². The van der Waals surface area contributed by atoms with Crippen LogP contribution in [0.3, 0.4) is 0 Å². The number of amidine groups is 1. The van der Waals surface area contributed by atoms with Gasteiger partial charge >= 0.3 is 0 Å². The van der Waals surface area contributed by atoms with Crippen molar-refractivity contribution in [3.8, 4) is 0 Å². The number of hydrogen-bond acceptors (Lipinski definition) is 6. The van der Waals surface area contributed by atoms with Gasteiger partial charge in [0.2, 0.25) is 0 Å². The van der Waals surface area contributed by atoms with Crippen molar-refractivity contribution in [2.45, 2.75) is 26.4 Å². The van der Waals surface area contributed by atoms with Crippen molar-refractivity contribution in [2.24, 2.45) is 4.99 Å². The van der Waals surface area contributed by atoms with Gasteiger partial charge in [-0.05, 0) is 6.92 Å². The number of thiocarbonyl (C=S) groups is 1. The Labute approximate surface area is 130 Å². The van der Waals surface area contributed by atoms with Crippen LogP contribution in [0.1, 0.15) is 25.4 Å². The number of morpholine rings is 1. The molecule has 0 radical (unpaired) electrons. The van der Waals surface area contributed by atoms with E-state index in [4.69, 9.17) is 26.9 Å². The number of imidazole rings is 1. The Hall–Kier alpha value is -1.47. The molecular weight excluding hydrogens is 286 g/mol. The predicted molar refractivity (Wildman–Crippen MR) is 87.4 cm³/mol. The monoisotopic (exact) mass is 307 g/mol. The number of nitrogens with zero attached hydrogens (tertiary/aromatic N) is 4. The summed E-state index contributed by atoms with van der Waals surface area (Å²) >= 11 is 5.18. The van der Waals surface area contributed by atoms with Gasteiger partial charge in [-0.15, -0.1) is 0 Å². The number of rotatable bonds is 3. The number of aromatic nitrogens is 2. The van der Waals surface area contributed by atoms with Gasteiger partial charge in [-0.3, -0.25) is 0 Å². The van der Waals surface area contributed by atoms with Crippen LogP contribution >= 0.6 is 12.2 Å². The lowest BCUT2D eigenvalue weighted by Crippen LogP contribution is -2.47. The number of anilines is 1. The molecule has 0 spiro atoms. The maximum Gasteiger partial charge on any atom is 0.160 e. The van der Waals surface area contributed by atoms with Crippen molar-refractivity contribution in [3.63, 3.8) is 0 Å². The first-order valence-corrected chi connectivity index (χ1v) is 7.97. The van der Waals surface area contributed by atoms with Gasteiger partial charge in [0.05, 0.1) is 13.2 Å². The molecule has 7 heteroatoms. The highest BCUT2D eigenvalue weighted by molar-refractivity contribution is 7.79. The minimum Gasteiger partial charge on any atom is -0.378 e. The molecule has 1 atom stereocenters. The third kappa shape index (κ3) is 2.55. The minimum atomic E-state index is -0.122. The molecule has 3 heterocycles. The molecule has 2 aliphatic heterocycles. The number of H-pyrrole nitrogens is 1. The van der Waals surface area contributed by atoms with Crippen LogP contribution in [-0.4, -0.2) is 65.1 Å². The second-order valence-corrected chi connectivity index (χ2v) is 5.40. The molecule has 1 N–H and O–H groups in total. The molecular formula is C14H21N5OS. The van der Waals surface area contributed by atoms with Gasteiger partial charge in [-0.1, -0.05) is 19.1 Å². The summed E-state index contributed by atoms with van der Waals surface area (Å²) in [5.74, 6) is 2.93. The average molecular weight is 307 g/mol. The van der Waals surface area contributed by atoms with E-state index in [1.807, 2.05) is 0 Å². The summed E-state index contributed by atoms with van der Waals surface area (Å²) in [5.41, 5.74) is 1.02. The Bertz CT molecular complexity index is 550. The number of aliphatic imine (C=N–C) groups is 1. The van der Waals surface area contributed by atoms with Gasteiger partial charge in [-0.25, -0.2) is 9.98 Å². The Morgan fingerprint density at radius 3 is 2.76 bits per heavy atom. The lowest BCUT2D eigenvalue weighted by molar-refractivity contribution is 0.0680. The third-order valence-electron chi connectivity index (χ3n) is 3.91. The summed E-state index contributed by atoms with van der Waals surface area (Å²) in [6.07, 6.45) is 0.756. The van der Waals surface area contributed by atoms with Crippen LogP contribution < -0.4 is 4.90 Å². The van der Waals surface area contributed by atoms with Crippen LogP contribution in [0.15, 0.2) is 4.99 Å². The Balaban J connectivity index is 2.03. The molecule has 0 aliphatic carbocycles. The quantitative estimate of drug-likeness (QED) is 0.851. The van der Waals surface area contributed by atoms with E-state index in [1.165, 1.54) is 0 Å². The van der Waals surface area contributed by atoms with Crippen LogP contribution in [-0.2, 0) is 11.2 Å². The van der Waals surface area contributed by atoms with Crippen LogP contribution in [0.4, 0.5) is 5.82 Å². The zero-order valence-electron chi connectivity index (χ0n) is 12.5. The van der Waals surface area contributed by atoms with Crippen LogP contribution in [0.2, 0.25) is 0 Å². The predicted octanol–water partition coefficient (Wildman–Crippen LogP) is 1.22. The first-order valence-electron chi connectivity index (χ1n) is 7.50. The smallest absolute Gasteiger partial charge is 0.160 e. The first-order chi connectivity index (χ1) is 10.3. The van der Waals surface area contributed by atoms with E-state index in [0.29, 0.717) is 0 Å². The molecule has 1 fully saturated rings. The summed E-state index contributed by atoms with van der Waals surface area (Å²) in [5, 5.41) is 1.72. The lowest BCUT2D eigenvalue weighted by atomic mass is 10.2. The summed E-state index contributed by atoms with van der Waals surface area (Å²) in [7, 11) is 0. The fourth-order valence-electron chi connectivity index (χ4n) is 2.78. The van der Waals surface area contributed by atoms with Gasteiger partial charge in [0, 0.05) is 31.4 Å². The molecule has 0 bridgehead atoms. The highest BCUT2D eigenvalue weighted by Crippen LogP contribution is 2.27. The molecule has 0 amide bonds. The highest BCUT2D eigenvalue weighted by atomic mass is 32.1. The van der Waals surface area contributed by atoms with E-state index in [0.717, 1.165) is 62.4 Å². The molecule has 6 nitrogen and oxygen atoms in total. The SMILES string of the molecule is CCc1nc2c([nH]1)C(N1CCOCC1)=NC(C=S)N2CC. The molecule has 1 unspecified atom stereocenters. The van der Waals surface area contributed by atoms with Crippen molar-refractivity contribution in [1.29, 1.82) is 0 Å². The standard InChI is InChI=1S/C14H21N5OS/c1-3-10-15-12-13(18-5-7-20-8-6-18)17-11(9-21)19(4-2)14(12)16-10/h9,11H,3-8H2,1-2H3,(H,15,16). The normalized spacial score (nSPS) is 22.0. The molecule has 21 heavy (non-hydrogen) atoms. The third-order valence-corrected chi connectivity index (χ3v) is 4.15. The molecule has 2 aliphatic rings. The fourth-order valence-corrected chi connectivity index (χ4v) is 2.99. The molecule has 0 aromatic carbocycles. The maximum absolute atomic E-state index is 5.44. The minimum absolute atomic E-state index is 0.122. The van der Waals surface area contributed by atoms with Crippen molar-refractivity contribution in [2.75, 3.05) is 37.7 Å². The molecule has 1 aromatic rings. The van der Waals surface area contributed by atoms with Crippen molar-refractivity contribution in [1.82, 2.24) is 14.9 Å². The number of aromatic amines is 1. The Kier molecular flexibility index (Phi) is 4.21. The van der Waals surface area contributed by atoms with E-state index in [1.54, 1.807) is 5.37 Å². The second-order valence-electron chi connectivity index (χ2n) is 5.12. The maximum atomic E-state index is 5.44. The van der Waals surface area contributed by atoms with E-state index in [2.05, 4.69) is 28.6 Å². The summed E-state index contributed by atoms with van der Waals surface area (Å²) in [6.45, 7) is 8.22. The summed E-state index contributed by atoms with van der Waals surface area (Å²) in [4.78, 5) is 17.4. The number of nitrogens with one attached hydrogen (secondary N) is 1. The van der Waals surface area contributed by atoms with E-state index in [9.17, 15) is 0 Å². The van der Waals surface area contributed by atoms with Gasteiger partial charge in [0.25, 0.3) is 0 Å². The first kappa shape index (κ1) is 14.5. The van der Waals surface area contributed by atoms with Crippen molar-refractivity contribution in [3.05, 3.63) is 11.5 Å². The number of fused-ring (bicyclic) bond motifs is 1. The highest BCUT2D eigenvalue weighted by Gasteiger charge is 2.32. The zero-order chi connectivity index (χ0) is 14.8. The van der Waals surface area contributed by atoms with E-state index >= 15 is 0 Å². The van der Waals surface area contributed by atoms with Crippen molar-refractivity contribution >= 4 is 29.2 Å². The molecule has 0 saturated carbocycles. The number of hydrogen-bond donors (Lipinski definition) is 1. The van der Waals surface area contributed by atoms with Gasteiger partial charge < -0.3 is 19.5 Å². The van der Waals surface area contributed by atoms with Gasteiger partial charge in [-0.2, -0.15) is 0 Å². The molecule has 114 valence electrons. The fraction of sp³-hybridized carbons (Fsp3) is 0.643. The van der Waals surface area contributed by atoms with E-state index < -0.39 is 0 Å². The molecule has 1 saturated heterocycles. The van der Waals surface area contributed by atoms with Crippen molar-refractivity contribution < 1.29 is 4.74 Å². The molecule has 3 rings (SSSR count). The van der Waals surface area contributed by atoms with E-state index in [-0.39, 0.29) is 6.17 Å².